The average molecular weight is 494 g/mol. The first-order valence-corrected chi connectivity index (χ1v) is 12.7. The molecule has 2 aromatic rings. The van der Waals surface area contributed by atoms with Crippen molar-refractivity contribution in [1.29, 1.82) is 0 Å². The third-order valence-electron chi connectivity index (χ3n) is 6.73. The number of ether oxygens (including phenoxy) is 3. The van der Waals surface area contributed by atoms with Gasteiger partial charge in [-0.05, 0) is 69.6 Å². The van der Waals surface area contributed by atoms with Gasteiger partial charge in [0.1, 0.15) is 11.5 Å². The number of piperidine rings is 1. The standard InChI is InChI=1S/C28H35N3O5/c1-4-35-22-12-10-20(11-13-22)25-18-24(23-8-6-7-9-26(23)34-3)29-31(25)27(32)19-30-16-14-21(15-17-30)28(33)36-5-2/h6-13,21,25H,4-5,14-19H2,1-3H3/t25-/m0/s1. The third-order valence-corrected chi connectivity index (χ3v) is 6.73. The molecule has 2 aliphatic rings. The Bertz CT molecular complexity index is 1080. The Hall–Kier alpha value is -3.39. The molecule has 0 unspecified atom stereocenters. The fraction of sp³-hybridized carbons (Fsp3) is 0.464. The summed E-state index contributed by atoms with van der Waals surface area (Å²) in [6.45, 7) is 6.38. The molecule has 2 aliphatic heterocycles. The number of para-hydroxylation sites is 1. The minimum Gasteiger partial charge on any atom is -0.496 e. The maximum atomic E-state index is 13.5. The van der Waals surface area contributed by atoms with Crippen molar-refractivity contribution in [2.45, 2.75) is 39.2 Å². The van der Waals surface area contributed by atoms with Gasteiger partial charge >= 0.3 is 5.97 Å². The molecule has 2 heterocycles. The average Bonchev–Trinajstić information content (AvgIpc) is 3.35. The maximum Gasteiger partial charge on any atom is 0.309 e. The van der Waals surface area contributed by atoms with E-state index >= 15 is 0 Å². The predicted molar refractivity (Wildman–Crippen MR) is 137 cm³/mol. The van der Waals surface area contributed by atoms with Crippen molar-refractivity contribution in [2.75, 3.05) is 40.0 Å². The van der Waals surface area contributed by atoms with E-state index in [9.17, 15) is 9.59 Å². The molecule has 192 valence electrons. The van der Waals surface area contributed by atoms with Crippen molar-refractivity contribution in [2.24, 2.45) is 11.0 Å². The third kappa shape index (κ3) is 5.87. The maximum absolute atomic E-state index is 13.5. The first-order chi connectivity index (χ1) is 17.5. The number of carbonyl (C=O) groups is 2. The molecular formula is C28H35N3O5. The van der Waals surface area contributed by atoms with Gasteiger partial charge in [-0.15, -0.1) is 0 Å². The summed E-state index contributed by atoms with van der Waals surface area (Å²) in [5, 5.41) is 6.42. The lowest BCUT2D eigenvalue weighted by Gasteiger charge is -2.32. The molecule has 1 fully saturated rings. The monoisotopic (exact) mass is 493 g/mol. The first kappa shape index (κ1) is 25.7. The van der Waals surface area contributed by atoms with Crippen LogP contribution in [-0.4, -0.2) is 67.5 Å². The predicted octanol–water partition coefficient (Wildman–Crippen LogP) is 4.05. The number of esters is 1. The number of nitrogens with zero attached hydrogens (tertiary/aromatic N) is 3. The Balaban J connectivity index is 1.52. The van der Waals surface area contributed by atoms with Gasteiger partial charge in [-0.1, -0.05) is 24.3 Å². The highest BCUT2D eigenvalue weighted by Crippen LogP contribution is 2.36. The second-order valence-corrected chi connectivity index (χ2v) is 9.01. The van der Waals surface area contributed by atoms with Crippen LogP contribution in [-0.2, 0) is 14.3 Å². The molecule has 2 aromatic carbocycles. The van der Waals surface area contributed by atoms with Gasteiger partial charge in [0, 0.05) is 12.0 Å². The van der Waals surface area contributed by atoms with E-state index in [4.69, 9.17) is 19.3 Å². The highest BCUT2D eigenvalue weighted by Gasteiger charge is 2.35. The number of benzene rings is 2. The summed E-state index contributed by atoms with van der Waals surface area (Å²) in [6.07, 6.45) is 1.99. The first-order valence-electron chi connectivity index (χ1n) is 12.7. The lowest BCUT2D eigenvalue weighted by Crippen LogP contribution is -2.43. The van der Waals surface area contributed by atoms with Gasteiger partial charge in [0.2, 0.25) is 0 Å². The van der Waals surface area contributed by atoms with E-state index in [1.807, 2.05) is 62.4 Å². The quantitative estimate of drug-likeness (QED) is 0.491. The Labute approximate surface area is 212 Å². The van der Waals surface area contributed by atoms with Gasteiger partial charge in [0.05, 0.1) is 44.5 Å². The molecule has 1 saturated heterocycles. The van der Waals surface area contributed by atoms with Crippen LogP contribution in [0.25, 0.3) is 0 Å². The molecule has 0 bridgehead atoms. The van der Waals surface area contributed by atoms with Crippen LogP contribution in [0.15, 0.2) is 53.6 Å². The minimum absolute atomic E-state index is 0.0617. The fourth-order valence-electron chi connectivity index (χ4n) is 4.85. The van der Waals surface area contributed by atoms with Gasteiger partial charge < -0.3 is 14.2 Å². The lowest BCUT2D eigenvalue weighted by atomic mass is 9.96. The minimum atomic E-state index is -0.217. The fourth-order valence-corrected chi connectivity index (χ4v) is 4.85. The van der Waals surface area contributed by atoms with E-state index in [0.29, 0.717) is 45.6 Å². The topological polar surface area (TPSA) is 80.7 Å². The molecule has 8 heteroatoms. The van der Waals surface area contributed by atoms with E-state index < -0.39 is 0 Å². The highest BCUT2D eigenvalue weighted by atomic mass is 16.5. The van der Waals surface area contributed by atoms with E-state index in [0.717, 1.165) is 28.3 Å². The summed E-state index contributed by atoms with van der Waals surface area (Å²) < 4.78 is 16.3. The SMILES string of the molecule is CCOC(=O)C1CCN(CC(=O)N2N=C(c3ccccc3OC)C[C@H]2c2ccc(OCC)cc2)CC1. The van der Waals surface area contributed by atoms with Crippen LogP contribution in [0.4, 0.5) is 0 Å². The molecule has 0 radical (unpaired) electrons. The molecule has 8 nitrogen and oxygen atoms in total. The molecule has 36 heavy (non-hydrogen) atoms. The Kier molecular flexibility index (Phi) is 8.59. The van der Waals surface area contributed by atoms with Crippen molar-refractivity contribution < 1.29 is 23.8 Å². The van der Waals surface area contributed by atoms with Gasteiger partial charge in [0.25, 0.3) is 5.91 Å². The van der Waals surface area contributed by atoms with Crippen LogP contribution in [0.1, 0.15) is 50.3 Å². The normalized spacial score (nSPS) is 18.6. The summed E-state index contributed by atoms with van der Waals surface area (Å²) in [4.78, 5) is 27.7. The summed E-state index contributed by atoms with van der Waals surface area (Å²) in [5.74, 6) is 1.25. The van der Waals surface area contributed by atoms with Crippen LogP contribution >= 0.6 is 0 Å². The Morgan fingerprint density at radius 3 is 2.39 bits per heavy atom. The Morgan fingerprint density at radius 1 is 1.00 bits per heavy atom. The molecule has 0 saturated carbocycles. The van der Waals surface area contributed by atoms with Crippen LogP contribution < -0.4 is 9.47 Å². The van der Waals surface area contributed by atoms with E-state index in [2.05, 4.69) is 4.90 Å². The summed E-state index contributed by atoms with van der Waals surface area (Å²) in [7, 11) is 1.64. The molecule has 0 aromatic heterocycles. The number of likely N-dealkylation sites (tertiary alicyclic amines) is 1. The van der Waals surface area contributed by atoms with Crippen molar-refractivity contribution in [1.82, 2.24) is 9.91 Å². The van der Waals surface area contributed by atoms with Crippen LogP contribution in [0.3, 0.4) is 0 Å². The number of carbonyl (C=O) groups excluding carboxylic acids is 2. The van der Waals surface area contributed by atoms with Gasteiger partial charge in [0.15, 0.2) is 0 Å². The van der Waals surface area contributed by atoms with E-state index in [1.165, 1.54) is 0 Å². The van der Waals surface area contributed by atoms with Crippen LogP contribution in [0.5, 0.6) is 11.5 Å². The number of methoxy groups -OCH3 is 1. The Morgan fingerprint density at radius 2 is 1.72 bits per heavy atom. The van der Waals surface area contributed by atoms with E-state index in [-0.39, 0.29) is 30.4 Å². The van der Waals surface area contributed by atoms with Crippen molar-refractivity contribution in [3.63, 3.8) is 0 Å². The molecule has 0 N–H and O–H groups in total. The number of amides is 1. The second-order valence-electron chi connectivity index (χ2n) is 9.01. The number of rotatable bonds is 9. The molecule has 0 aliphatic carbocycles. The summed E-state index contributed by atoms with van der Waals surface area (Å²) in [5.41, 5.74) is 2.71. The largest absolute Gasteiger partial charge is 0.496 e. The molecule has 0 spiro atoms. The number of hydrazone groups is 1. The molecule has 1 atom stereocenters. The zero-order chi connectivity index (χ0) is 25.5. The summed E-state index contributed by atoms with van der Waals surface area (Å²) >= 11 is 0. The van der Waals surface area contributed by atoms with Gasteiger partial charge in [-0.25, -0.2) is 5.01 Å². The zero-order valence-electron chi connectivity index (χ0n) is 21.3. The second kappa shape index (κ2) is 12.0. The molecular weight excluding hydrogens is 458 g/mol. The number of hydrogen-bond acceptors (Lipinski definition) is 7. The zero-order valence-corrected chi connectivity index (χ0v) is 21.3. The highest BCUT2D eigenvalue weighted by molar-refractivity contribution is 6.05. The van der Waals surface area contributed by atoms with Crippen molar-refractivity contribution >= 4 is 17.6 Å². The summed E-state index contributed by atoms with van der Waals surface area (Å²) in [6, 6.07) is 15.4. The molecule has 4 rings (SSSR count). The lowest BCUT2D eigenvalue weighted by molar-refractivity contribution is -0.149. The number of hydrogen-bond donors (Lipinski definition) is 0. The molecule has 1 amide bonds. The van der Waals surface area contributed by atoms with E-state index in [1.54, 1.807) is 12.1 Å². The van der Waals surface area contributed by atoms with Crippen LogP contribution in [0, 0.1) is 5.92 Å². The van der Waals surface area contributed by atoms with Gasteiger partial charge in [-0.3, -0.25) is 14.5 Å². The van der Waals surface area contributed by atoms with Gasteiger partial charge in [-0.2, -0.15) is 5.10 Å². The van der Waals surface area contributed by atoms with Crippen molar-refractivity contribution in [3.8, 4) is 11.5 Å². The van der Waals surface area contributed by atoms with Crippen LogP contribution in [0.2, 0.25) is 0 Å². The smallest absolute Gasteiger partial charge is 0.309 e. The van der Waals surface area contributed by atoms with Crippen molar-refractivity contribution in [3.05, 3.63) is 59.7 Å².